The number of hydrogen-bond acceptors (Lipinski definition) is 4. The summed E-state index contributed by atoms with van der Waals surface area (Å²) >= 11 is 0. The van der Waals surface area contributed by atoms with E-state index in [-0.39, 0.29) is 30.1 Å². The number of aromatic amines is 1. The average Bonchev–Trinajstić information content (AvgIpc) is 3.39. The van der Waals surface area contributed by atoms with E-state index in [2.05, 4.69) is 10.2 Å². The Morgan fingerprint density at radius 1 is 1.28 bits per heavy atom. The van der Waals surface area contributed by atoms with Crippen molar-refractivity contribution >= 4 is 27.8 Å². The Kier molecular flexibility index (Phi) is 5.68. The molecule has 0 atom stereocenters. The van der Waals surface area contributed by atoms with E-state index in [0.717, 1.165) is 11.3 Å². The second-order valence-corrected chi connectivity index (χ2v) is 10.4. The molecule has 0 unspecified atom stereocenters. The van der Waals surface area contributed by atoms with Gasteiger partial charge in [-0.2, -0.15) is 5.10 Å². The molecular formula is C27H29F2N3O4. The first-order valence-electron chi connectivity index (χ1n) is 11.8. The van der Waals surface area contributed by atoms with Gasteiger partial charge in [0.2, 0.25) is 0 Å². The molecule has 4 aromatic rings. The number of ether oxygens (including phenoxy) is 2. The third-order valence-corrected chi connectivity index (χ3v) is 7.53. The molecule has 1 fully saturated rings. The summed E-state index contributed by atoms with van der Waals surface area (Å²) in [5, 5.41) is 17.6. The van der Waals surface area contributed by atoms with E-state index in [1.807, 2.05) is 24.5 Å². The number of nitrogens with zero attached hydrogens (tertiary/aromatic N) is 2. The van der Waals surface area contributed by atoms with Gasteiger partial charge in [-0.3, -0.25) is 5.10 Å². The largest absolute Gasteiger partial charge is 0.479 e. The van der Waals surface area contributed by atoms with Crippen LogP contribution in [0.15, 0.2) is 30.5 Å². The van der Waals surface area contributed by atoms with Crippen LogP contribution in [-0.4, -0.2) is 52.3 Å². The first-order chi connectivity index (χ1) is 17.0. The third-order valence-electron chi connectivity index (χ3n) is 7.53. The Hall–Kier alpha value is -3.30. The number of H-pyrrole nitrogens is 1. The zero-order valence-electron chi connectivity index (χ0n) is 20.9. The Bertz CT molecular complexity index is 1500. The van der Waals surface area contributed by atoms with E-state index in [1.54, 1.807) is 32.4 Å². The topological polar surface area (TPSA) is 89.4 Å². The minimum Gasteiger partial charge on any atom is -0.479 e. The van der Waals surface area contributed by atoms with Gasteiger partial charge in [0.1, 0.15) is 11.3 Å². The van der Waals surface area contributed by atoms with Crippen LogP contribution in [0.25, 0.3) is 27.5 Å². The molecule has 0 bridgehead atoms. The van der Waals surface area contributed by atoms with Gasteiger partial charge in [0, 0.05) is 41.8 Å². The predicted octanol–water partition coefficient (Wildman–Crippen LogP) is 5.36. The quantitative estimate of drug-likeness (QED) is 0.359. The molecule has 36 heavy (non-hydrogen) atoms. The molecule has 0 spiro atoms. The van der Waals surface area contributed by atoms with Crippen molar-refractivity contribution in [1.29, 1.82) is 0 Å². The highest BCUT2D eigenvalue weighted by Crippen LogP contribution is 2.53. The van der Waals surface area contributed by atoms with Crippen molar-refractivity contribution in [1.82, 2.24) is 14.8 Å². The normalized spacial score (nSPS) is 20.2. The summed E-state index contributed by atoms with van der Waals surface area (Å²) in [5.41, 5.74) is 1.63. The average molecular weight is 498 g/mol. The van der Waals surface area contributed by atoms with Gasteiger partial charge in [-0.15, -0.1) is 0 Å². The Morgan fingerprint density at radius 3 is 2.61 bits per heavy atom. The molecule has 0 saturated heterocycles. The third kappa shape index (κ3) is 3.44. The van der Waals surface area contributed by atoms with Crippen LogP contribution in [0.3, 0.4) is 0 Å². The van der Waals surface area contributed by atoms with E-state index in [4.69, 9.17) is 9.47 Å². The van der Waals surface area contributed by atoms with Gasteiger partial charge in [-0.1, -0.05) is 13.8 Å². The first-order valence-corrected chi connectivity index (χ1v) is 11.8. The molecule has 2 heterocycles. The number of nitrogens with one attached hydrogen (secondary N) is 1. The summed E-state index contributed by atoms with van der Waals surface area (Å²) in [6.07, 6.45) is 1.97. The molecule has 0 radical (unpaired) electrons. The van der Waals surface area contributed by atoms with Gasteiger partial charge in [0.15, 0.2) is 11.4 Å². The molecule has 190 valence electrons. The van der Waals surface area contributed by atoms with Gasteiger partial charge in [-0.05, 0) is 61.1 Å². The molecular weight excluding hydrogens is 468 g/mol. The highest BCUT2D eigenvalue weighted by Gasteiger charge is 2.54. The number of fused-ring (bicyclic) bond motifs is 2. The molecule has 1 aliphatic rings. The fraction of sp³-hybridized carbons (Fsp3) is 0.407. The summed E-state index contributed by atoms with van der Waals surface area (Å²) in [4.78, 5) is 12.0. The highest BCUT2D eigenvalue weighted by molar-refractivity contribution is 6.00. The fourth-order valence-corrected chi connectivity index (χ4v) is 5.73. The molecule has 0 aliphatic heterocycles. The smallest absolute Gasteiger partial charge is 0.335 e. The number of hydrogen-bond donors (Lipinski definition) is 2. The molecule has 1 aliphatic carbocycles. The lowest BCUT2D eigenvalue weighted by atomic mass is 9.65. The molecule has 2 aromatic carbocycles. The SMILES string of the molecule is COCC(C)(C)c1c([C@H]2C[C@](OC)(C(=O)O)C2)c2c(F)c3[nH]ncc3cc2n1-c1ccc(F)c(C)c1. The van der Waals surface area contributed by atoms with Crippen LogP contribution in [0.1, 0.15) is 49.4 Å². The number of benzene rings is 2. The maximum Gasteiger partial charge on any atom is 0.335 e. The highest BCUT2D eigenvalue weighted by atomic mass is 19.1. The van der Waals surface area contributed by atoms with Crippen LogP contribution < -0.4 is 0 Å². The number of methoxy groups -OCH3 is 2. The van der Waals surface area contributed by atoms with Gasteiger partial charge in [-0.25, -0.2) is 13.6 Å². The van der Waals surface area contributed by atoms with Crippen molar-refractivity contribution in [2.24, 2.45) is 0 Å². The van der Waals surface area contributed by atoms with Crippen molar-refractivity contribution in [2.45, 2.75) is 50.5 Å². The molecule has 0 amide bonds. The lowest BCUT2D eigenvalue weighted by Gasteiger charge is -2.44. The Labute approximate surface area is 207 Å². The molecule has 1 saturated carbocycles. The van der Waals surface area contributed by atoms with Gasteiger partial charge < -0.3 is 19.1 Å². The maximum atomic E-state index is 16.2. The van der Waals surface area contributed by atoms with Gasteiger partial charge in [0.25, 0.3) is 0 Å². The van der Waals surface area contributed by atoms with Gasteiger partial charge >= 0.3 is 5.97 Å². The molecule has 9 heteroatoms. The van der Waals surface area contributed by atoms with Crippen molar-refractivity contribution < 1.29 is 28.2 Å². The Balaban J connectivity index is 1.90. The maximum absolute atomic E-state index is 16.2. The van der Waals surface area contributed by atoms with Crippen LogP contribution in [0.2, 0.25) is 0 Å². The molecule has 2 N–H and O–H groups in total. The van der Waals surface area contributed by atoms with E-state index in [1.165, 1.54) is 13.2 Å². The van der Waals surface area contributed by atoms with E-state index in [9.17, 15) is 14.3 Å². The number of halogens is 2. The van der Waals surface area contributed by atoms with E-state index in [0.29, 0.717) is 34.1 Å². The predicted molar refractivity (Wildman–Crippen MR) is 132 cm³/mol. The Morgan fingerprint density at radius 2 is 2.00 bits per heavy atom. The van der Waals surface area contributed by atoms with Crippen molar-refractivity contribution in [2.75, 3.05) is 20.8 Å². The van der Waals surface area contributed by atoms with Crippen LogP contribution in [-0.2, 0) is 19.7 Å². The van der Waals surface area contributed by atoms with Crippen molar-refractivity contribution in [3.05, 3.63) is 58.9 Å². The summed E-state index contributed by atoms with van der Waals surface area (Å²) in [6.45, 7) is 6.03. The lowest BCUT2D eigenvalue weighted by Crippen LogP contribution is -2.51. The number of carboxylic acids is 1. The fourth-order valence-electron chi connectivity index (χ4n) is 5.73. The number of aliphatic carboxylic acids is 1. The van der Waals surface area contributed by atoms with Crippen molar-refractivity contribution in [3.8, 4) is 5.69 Å². The van der Waals surface area contributed by atoms with Crippen LogP contribution in [0.4, 0.5) is 8.78 Å². The number of aryl methyl sites for hydroxylation is 1. The second-order valence-electron chi connectivity index (χ2n) is 10.4. The van der Waals surface area contributed by atoms with Crippen LogP contribution in [0, 0.1) is 18.6 Å². The second kappa shape index (κ2) is 8.38. The lowest BCUT2D eigenvalue weighted by molar-refractivity contribution is -0.175. The standard InChI is InChI=1S/C27H29F2N3O4/c1-14-8-17(6-7-18(14)28)32-19-9-15-12-30-31-23(15)22(29)21(19)20(24(32)26(2,3)13-35-4)16-10-27(11-16,36-5)25(33)34/h6-9,12,16H,10-11,13H2,1-5H3,(H,30,31)(H,33,34)/t16-,27+. The summed E-state index contributed by atoms with van der Waals surface area (Å²) in [5.74, 6) is -2.09. The van der Waals surface area contributed by atoms with E-state index < -0.39 is 22.8 Å². The molecule has 5 rings (SSSR count). The number of carbonyl (C=O) groups is 1. The molecule has 7 nitrogen and oxygen atoms in total. The van der Waals surface area contributed by atoms with Crippen LogP contribution >= 0.6 is 0 Å². The zero-order chi connectivity index (χ0) is 26.0. The molecule has 2 aromatic heterocycles. The summed E-state index contributed by atoms with van der Waals surface area (Å²) in [6, 6.07) is 6.68. The van der Waals surface area contributed by atoms with Crippen LogP contribution in [0.5, 0.6) is 0 Å². The van der Waals surface area contributed by atoms with Gasteiger partial charge in [0.05, 0.1) is 18.3 Å². The van der Waals surface area contributed by atoms with E-state index >= 15 is 4.39 Å². The monoisotopic (exact) mass is 497 g/mol. The minimum atomic E-state index is -1.32. The zero-order valence-corrected chi connectivity index (χ0v) is 20.9. The summed E-state index contributed by atoms with van der Waals surface area (Å²) < 4.78 is 43.4. The van der Waals surface area contributed by atoms with Crippen molar-refractivity contribution in [3.63, 3.8) is 0 Å². The minimum absolute atomic E-state index is 0.205. The first kappa shape index (κ1) is 24.4. The number of aromatic nitrogens is 3. The number of carboxylic acid groups (broad SMARTS) is 1. The number of rotatable bonds is 7. The summed E-state index contributed by atoms with van der Waals surface area (Å²) in [7, 11) is 3.00.